The normalized spacial score (nSPS) is 10.3. The Morgan fingerprint density at radius 2 is 1.74 bits per heavy atom. The lowest BCUT2D eigenvalue weighted by atomic mass is 10.1. The van der Waals surface area contributed by atoms with Gasteiger partial charge in [-0.1, -0.05) is 47.5 Å². The number of hydrogen-bond acceptors (Lipinski definition) is 1. The Balaban J connectivity index is 2.10. The zero-order valence-electron chi connectivity index (χ0n) is 10.4. The molecule has 0 atom stereocenters. The fourth-order valence-corrected chi connectivity index (χ4v) is 2.13. The van der Waals surface area contributed by atoms with Gasteiger partial charge in [-0.2, -0.15) is 0 Å². The zero-order chi connectivity index (χ0) is 13.8. The number of halogens is 2. The van der Waals surface area contributed by atoms with Crippen LogP contribution in [0.3, 0.4) is 0 Å². The van der Waals surface area contributed by atoms with E-state index in [0.29, 0.717) is 10.0 Å². The van der Waals surface area contributed by atoms with Crippen LogP contribution in [0.15, 0.2) is 42.5 Å². The van der Waals surface area contributed by atoms with Crippen LogP contribution in [-0.4, -0.2) is 5.91 Å². The van der Waals surface area contributed by atoms with E-state index in [1.807, 2.05) is 31.2 Å². The Kier molecular flexibility index (Phi) is 4.46. The molecule has 0 aromatic heterocycles. The number of rotatable bonds is 3. The van der Waals surface area contributed by atoms with Gasteiger partial charge in [-0.05, 0) is 36.2 Å². The highest BCUT2D eigenvalue weighted by Gasteiger charge is 2.09. The third kappa shape index (κ3) is 3.49. The average molecular weight is 294 g/mol. The van der Waals surface area contributed by atoms with E-state index in [1.165, 1.54) is 0 Å². The first kappa shape index (κ1) is 13.9. The standard InChI is InChI=1S/C15H13Cl2NO/c1-10-12(16)7-4-8-14(10)18-15(19)9-11-5-2-3-6-13(11)17/h2-8H,9H2,1H3,(H,18,19). The van der Waals surface area contributed by atoms with Crippen LogP contribution in [0.25, 0.3) is 0 Å². The summed E-state index contributed by atoms with van der Waals surface area (Å²) < 4.78 is 0. The van der Waals surface area contributed by atoms with E-state index in [9.17, 15) is 4.79 Å². The molecule has 19 heavy (non-hydrogen) atoms. The maximum Gasteiger partial charge on any atom is 0.228 e. The number of anilines is 1. The molecule has 2 rings (SSSR count). The number of carbonyl (C=O) groups is 1. The minimum absolute atomic E-state index is 0.113. The topological polar surface area (TPSA) is 29.1 Å². The fourth-order valence-electron chi connectivity index (χ4n) is 1.75. The molecule has 2 aromatic carbocycles. The summed E-state index contributed by atoms with van der Waals surface area (Å²) in [7, 11) is 0. The SMILES string of the molecule is Cc1c(Cl)cccc1NC(=O)Cc1ccccc1Cl. The first-order valence-corrected chi connectivity index (χ1v) is 6.62. The van der Waals surface area contributed by atoms with Crippen LogP contribution in [0.2, 0.25) is 10.0 Å². The lowest BCUT2D eigenvalue weighted by Crippen LogP contribution is -2.15. The Bertz CT molecular complexity index is 611. The highest BCUT2D eigenvalue weighted by atomic mass is 35.5. The quantitative estimate of drug-likeness (QED) is 0.888. The second kappa shape index (κ2) is 6.09. The monoisotopic (exact) mass is 293 g/mol. The van der Waals surface area contributed by atoms with Gasteiger partial charge in [-0.25, -0.2) is 0 Å². The van der Waals surface area contributed by atoms with Crippen molar-refractivity contribution in [1.82, 2.24) is 0 Å². The van der Waals surface area contributed by atoms with Crippen LogP contribution in [-0.2, 0) is 11.2 Å². The van der Waals surface area contributed by atoms with Crippen LogP contribution < -0.4 is 5.32 Å². The molecule has 1 N–H and O–H groups in total. The van der Waals surface area contributed by atoms with E-state index in [4.69, 9.17) is 23.2 Å². The molecule has 0 aliphatic rings. The fraction of sp³-hybridized carbons (Fsp3) is 0.133. The Morgan fingerprint density at radius 3 is 2.47 bits per heavy atom. The maximum absolute atomic E-state index is 12.0. The Morgan fingerprint density at radius 1 is 1.05 bits per heavy atom. The lowest BCUT2D eigenvalue weighted by Gasteiger charge is -2.10. The van der Waals surface area contributed by atoms with Crippen molar-refractivity contribution in [1.29, 1.82) is 0 Å². The molecule has 2 nitrogen and oxygen atoms in total. The van der Waals surface area contributed by atoms with Gasteiger partial charge in [0.25, 0.3) is 0 Å². The van der Waals surface area contributed by atoms with Crippen molar-refractivity contribution in [3.63, 3.8) is 0 Å². The molecule has 0 fully saturated rings. The summed E-state index contributed by atoms with van der Waals surface area (Å²) in [6, 6.07) is 12.7. The van der Waals surface area contributed by atoms with Gasteiger partial charge in [0.05, 0.1) is 6.42 Å². The van der Waals surface area contributed by atoms with E-state index >= 15 is 0 Å². The molecule has 2 aromatic rings. The van der Waals surface area contributed by atoms with Crippen molar-refractivity contribution >= 4 is 34.8 Å². The molecule has 1 amide bonds. The first-order valence-electron chi connectivity index (χ1n) is 5.86. The Hall–Kier alpha value is -1.51. The van der Waals surface area contributed by atoms with Gasteiger partial charge in [-0.15, -0.1) is 0 Å². The van der Waals surface area contributed by atoms with E-state index in [0.717, 1.165) is 16.8 Å². The molecule has 0 spiro atoms. The van der Waals surface area contributed by atoms with Crippen molar-refractivity contribution in [3.05, 3.63) is 63.6 Å². The first-order chi connectivity index (χ1) is 9.08. The van der Waals surface area contributed by atoms with Crippen molar-refractivity contribution in [3.8, 4) is 0 Å². The molecule has 0 bridgehead atoms. The van der Waals surface area contributed by atoms with Crippen LogP contribution in [0, 0.1) is 6.92 Å². The summed E-state index contributed by atoms with van der Waals surface area (Å²) in [6.07, 6.45) is 0.242. The van der Waals surface area contributed by atoms with Crippen molar-refractivity contribution in [2.45, 2.75) is 13.3 Å². The predicted molar refractivity (Wildman–Crippen MR) is 80.0 cm³/mol. The van der Waals surface area contributed by atoms with E-state index in [1.54, 1.807) is 18.2 Å². The summed E-state index contributed by atoms with van der Waals surface area (Å²) >= 11 is 12.0. The molecule has 0 heterocycles. The van der Waals surface area contributed by atoms with Crippen LogP contribution in [0.5, 0.6) is 0 Å². The van der Waals surface area contributed by atoms with Gasteiger partial charge in [0.15, 0.2) is 0 Å². The highest BCUT2D eigenvalue weighted by Crippen LogP contribution is 2.23. The van der Waals surface area contributed by atoms with E-state index in [2.05, 4.69) is 5.32 Å². The number of nitrogens with one attached hydrogen (secondary N) is 1. The zero-order valence-corrected chi connectivity index (χ0v) is 11.9. The van der Waals surface area contributed by atoms with E-state index < -0.39 is 0 Å². The summed E-state index contributed by atoms with van der Waals surface area (Å²) in [6.45, 7) is 1.87. The van der Waals surface area contributed by atoms with Gasteiger partial charge in [0, 0.05) is 15.7 Å². The second-order valence-corrected chi connectivity index (χ2v) is 5.04. The molecule has 0 saturated carbocycles. The molecule has 0 unspecified atom stereocenters. The number of benzene rings is 2. The molecule has 4 heteroatoms. The molecule has 0 aliphatic carbocycles. The van der Waals surface area contributed by atoms with Crippen molar-refractivity contribution < 1.29 is 4.79 Å². The summed E-state index contributed by atoms with van der Waals surface area (Å²) in [4.78, 5) is 12.0. The molecule has 98 valence electrons. The third-order valence-corrected chi connectivity index (χ3v) is 3.63. The number of hydrogen-bond donors (Lipinski definition) is 1. The maximum atomic E-state index is 12.0. The summed E-state index contributed by atoms with van der Waals surface area (Å²) in [5, 5.41) is 4.08. The van der Waals surface area contributed by atoms with Gasteiger partial charge in [-0.3, -0.25) is 4.79 Å². The minimum Gasteiger partial charge on any atom is -0.326 e. The number of amides is 1. The molecule has 0 aliphatic heterocycles. The predicted octanol–water partition coefficient (Wildman–Crippen LogP) is 4.48. The van der Waals surface area contributed by atoms with Crippen molar-refractivity contribution in [2.24, 2.45) is 0 Å². The molecular weight excluding hydrogens is 281 g/mol. The second-order valence-electron chi connectivity index (χ2n) is 4.23. The summed E-state index contributed by atoms with van der Waals surface area (Å²) in [5.74, 6) is -0.113. The Labute approximate surface area is 122 Å². The van der Waals surface area contributed by atoms with Gasteiger partial charge >= 0.3 is 0 Å². The minimum atomic E-state index is -0.113. The summed E-state index contributed by atoms with van der Waals surface area (Å²) in [5.41, 5.74) is 2.39. The molecule has 0 radical (unpaired) electrons. The lowest BCUT2D eigenvalue weighted by molar-refractivity contribution is -0.115. The largest absolute Gasteiger partial charge is 0.326 e. The molecule has 0 saturated heterocycles. The van der Waals surface area contributed by atoms with E-state index in [-0.39, 0.29) is 12.3 Å². The molecular formula is C15H13Cl2NO. The highest BCUT2D eigenvalue weighted by molar-refractivity contribution is 6.32. The average Bonchev–Trinajstić information content (AvgIpc) is 2.38. The smallest absolute Gasteiger partial charge is 0.228 e. The van der Waals surface area contributed by atoms with Crippen LogP contribution in [0.1, 0.15) is 11.1 Å². The number of carbonyl (C=O) groups excluding carboxylic acids is 1. The van der Waals surface area contributed by atoms with Crippen molar-refractivity contribution in [2.75, 3.05) is 5.32 Å². The van der Waals surface area contributed by atoms with Crippen LogP contribution >= 0.6 is 23.2 Å². The van der Waals surface area contributed by atoms with Gasteiger partial charge in [0.1, 0.15) is 0 Å². The van der Waals surface area contributed by atoms with Crippen LogP contribution in [0.4, 0.5) is 5.69 Å². The van der Waals surface area contributed by atoms with Gasteiger partial charge in [0.2, 0.25) is 5.91 Å². The third-order valence-electron chi connectivity index (χ3n) is 2.85. The van der Waals surface area contributed by atoms with Gasteiger partial charge < -0.3 is 5.32 Å².